The van der Waals surface area contributed by atoms with Gasteiger partial charge in [0.1, 0.15) is 0 Å². The van der Waals surface area contributed by atoms with E-state index in [9.17, 15) is 4.79 Å². The Hall–Kier alpha value is -2.42. The molecule has 2 aromatic heterocycles. The first-order valence-corrected chi connectivity index (χ1v) is 6.74. The van der Waals surface area contributed by atoms with Gasteiger partial charge in [-0.3, -0.25) is 4.79 Å². The van der Waals surface area contributed by atoms with Gasteiger partial charge in [0.2, 0.25) is 0 Å². The molecule has 3 aromatic rings. The van der Waals surface area contributed by atoms with Crippen molar-refractivity contribution < 1.29 is 0 Å². The molecule has 3 heterocycles. The number of aromatic nitrogens is 2. The van der Waals surface area contributed by atoms with Gasteiger partial charge < -0.3 is 4.57 Å². The number of benzene rings is 1. The van der Waals surface area contributed by atoms with E-state index in [1.54, 1.807) is 10.6 Å². The highest BCUT2D eigenvalue weighted by Crippen LogP contribution is 2.32. The Bertz CT molecular complexity index is 922. The molecular formula is C17H14N2O. The molecule has 0 N–H and O–H groups in total. The molecule has 4 rings (SSSR count). The van der Waals surface area contributed by atoms with Crippen LogP contribution in [0.4, 0.5) is 0 Å². The van der Waals surface area contributed by atoms with E-state index in [-0.39, 0.29) is 5.56 Å². The van der Waals surface area contributed by atoms with Crippen LogP contribution in [0.3, 0.4) is 0 Å². The Morgan fingerprint density at radius 1 is 1.15 bits per heavy atom. The summed E-state index contributed by atoms with van der Waals surface area (Å²) in [6.45, 7) is 4.67. The van der Waals surface area contributed by atoms with Crippen molar-refractivity contribution in [2.24, 2.45) is 0 Å². The van der Waals surface area contributed by atoms with E-state index < -0.39 is 0 Å². The van der Waals surface area contributed by atoms with E-state index in [1.165, 1.54) is 10.9 Å². The summed E-state index contributed by atoms with van der Waals surface area (Å²) in [7, 11) is 0. The zero-order valence-electron chi connectivity index (χ0n) is 11.5. The first kappa shape index (κ1) is 11.4. The number of pyridine rings is 2. The topological polar surface area (TPSA) is 34.9 Å². The standard InChI is InChI=1S/C17H14N2O/c1-10-6-15-17-12(9-19(15)16(20)7-10)8-13-11(2)4-3-5-14(13)18-17/h3-8H,9H2,1-2H3. The van der Waals surface area contributed by atoms with Crippen LogP contribution in [-0.2, 0) is 6.54 Å². The second-order valence-corrected chi connectivity index (χ2v) is 5.48. The lowest BCUT2D eigenvalue weighted by molar-refractivity contribution is 0.801. The molecule has 0 saturated carbocycles. The fraction of sp³-hybridized carbons (Fsp3) is 0.176. The summed E-state index contributed by atoms with van der Waals surface area (Å²) in [5, 5.41) is 1.17. The van der Waals surface area contributed by atoms with Gasteiger partial charge in [-0.2, -0.15) is 0 Å². The molecule has 0 atom stereocenters. The molecule has 98 valence electrons. The zero-order chi connectivity index (χ0) is 13.9. The largest absolute Gasteiger partial charge is 0.302 e. The zero-order valence-corrected chi connectivity index (χ0v) is 11.5. The smallest absolute Gasteiger partial charge is 0.251 e. The molecule has 1 aliphatic heterocycles. The molecule has 0 unspecified atom stereocenters. The molecule has 0 fully saturated rings. The lowest BCUT2D eigenvalue weighted by atomic mass is 10.1. The van der Waals surface area contributed by atoms with E-state index in [0.717, 1.165) is 28.0 Å². The Morgan fingerprint density at radius 3 is 2.85 bits per heavy atom. The fourth-order valence-electron chi connectivity index (χ4n) is 2.98. The number of nitrogens with zero attached hydrogens (tertiary/aromatic N) is 2. The SMILES string of the molecule is Cc1cc2n(c(=O)c1)Cc1cc3c(C)cccc3nc1-2. The molecule has 0 saturated heterocycles. The monoisotopic (exact) mass is 262 g/mol. The maximum absolute atomic E-state index is 12.1. The fourth-order valence-corrected chi connectivity index (χ4v) is 2.98. The third-order valence-electron chi connectivity index (χ3n) is 4.00. The van der Waals surface area contributed by atoms with Crippen LogP contribution < -0.4 is 5.56 Å². The molecule has 3 nitrogen and oxygen atoms in total. The third kappa shape index (κ3) is 1.46. The van der Waals surface area contributed by atoms with Crippen LogP contribution in [0.5, 0.6) is 0 Å². The Kier molecular flexibility index (Phi) is 2.16. The molecule has 0 aliphatic carbocycles. The molecule has 20 heavy (non-hydrogen) atoms. The molecule has 1 aliphatic rings. The summed E-state index contributed by atoms with van der Waals surface area (Å²) >= 11 is 0. The second-order valence-electron chi connectivity index (χ2n) is 5.48. The first-order valence-electron chi connectivity index (χ1n) is 6.74. The van der Waals surface area contributed by atoms with Gasteiger partial charge in [0.15, 0.2) is 0 Å². The van der Waals surface area contributed by atoms with Gasteiger partial charge in [-0.1, -0.05) is 12.1 Å². The van der Waals surface area contributed by atoms with Crippen LogP contribution in [0, 0.1) is 13.8 Å². The number of fused-ring (bicyclic) bond motifs is 4. The van der Waals surface area contributed by atoms with Gasteiger partial charge in [0.05, 0.1) is 23.4 Å². The lowest BCUT2D eigenvalue weighted by Crippen LogP contribution is -2.17. The van der Waals surface area contributed by atoms with E-state index >= 15 is 0 Å². The average molecular weight is 262 g/mol. The normalized spacial score (nSPS) is 12.5. The summed E-state index contributed by atoms with van der Waals surface area (Å²) in [6, 6.07) is 12.0. The first-order chi connectivity index (χ1) is 9.63. The van der Waals surface area contributed by atoms with Crippen LogP contribution in [0.25, 0.3) is 22.3 Å². The van der Waals surface area contributed by atoms with Gasteiger partial charge in [0, 0.05) is 17.0 Å². The third-order valence-corrected chi connectivity index (χ3v) is 4.00. The van der Waals surface area contributed by atoms with Crippen LogP contribution in [-0.4, -0.2) is 9.55 Å². The Labute approximate surface area is 116 Å². The molecule has 0 spiro atoms. The predicted octanol–water partition coefficient (Wildman–Crippen LogP) is 3.04. The van der Waals surface area contributed by atoms with Crippen LogP contribution in [0.1, 0.15) is 16.7 Å². The van der Waals surface area contributed by atoms with E-state index in [1.807, 2.05) is 25.1 Å². The van der Waals surface area contributed by atoms with Gasteiger partial charge in [-0.05, 0) is 43.2 Å². The van der Waals surface area contributed by atoms with Crippen molar-refractivity contribution in [2.75, 3.05) is 0 Å². The van der Waals surface area contributed by atoms with Gasteiger partial charge in [-0.15, -0.1) is 0 Å². The highest BCUT2D eigenvalue weighted by molar-refractivity contribution is 5.86. The van der Waals surface area contributed by atoms with Crippen molar-refractivity contribution in [3.8, 4) is 11.4 Å². The summed E-state index contributed by atoms with van der Waals surface area (Å²) < 4.78 is 1.80. The summed E-state index contributed by atoms with van der Waals surface area (Å²) in [5.74, 6) is 0. The number of hydrogen-bond donors (Lipinski definition) is 0. The van der Waals surface area contributed by atoms with E-state index in [4.69, 9.17) is 4.98 Å². The van der Waals surface area contributed by atoms with Gasteiger partial charge >= 0.3 is 0 Å². The van der Waals surface area contributed by atoms with Crippen molar-refractivity contribution in [1.82, 2.24) is 9.55 Å². The van der Waals surface area contributed by atoms with Crippen molar-refractivity contribution in [3.05, 3.63) is 63.4 Å². The van der Waals surface area contributed by atoms with Crippen LogP contribution in [0.2, 0.25) is 0 Å². The van der Waals surface area contributed by atoms with Crippen LogP contribution >= 0.6 is 0 Å². The minimum atomic E-state index is 0.0544. The van der Waals surface area contributed by atoms with E-state index in [2.05, 4.69) is 19.1 Å². The number of aryl methyl sites for hydroxylation is 2. The lowest BCUT2D eigenvalue weighted by Gasteiger charge is -2.05. The van der Waals surface area contributed by atoms with Crippen LogP contribution in [0.15, 0.2) is 41.2 Å². The van der Waals surface area contributed by atoms with E-state index in [0.29, 0.717) is 6.54 Å². The predicted molar refractivity (Wildman–Crippen MR) is 80.0 cm³/mol. The number of hydrogen-bond acceptors (Lipinski definition) is 2. The van der Waals surface area contributed by atoms with Gasteiger partial charge in [-0.25, -0.2) is 4.98 Å². The molecular weight excluding hydrogens is 248 g/mol. The summed E-state index contributed by atoms with van der Waals surface area (Å²) in [5.41, 5.74) is 6.27. The molecule has 1 aromatic carbocycles. The minimum absolute atomic E-state index is 0.0544. The van der Waals surface area contributed by atoms with Crippen molar-refractivity contribution >= 4 is 10.9 Å². The maximum atomic E-state index is 12.1. The number of rotatable bonds is 0. The molecule has 0 radical (unpaired) electrons. The summed E-state index contributed by atoms with van der Waals surface area (Å²) in [4.78, 5) is 16.9. The Morgan fingerprint density at radius 2 is 2.00 bits per heavy atom. The molecule has 3 heteroatoms. The highest BCUT2D eigenvalue weighted by Gasteiger charge is 2.21. The average Bonchev–Trinajstić information content (AvgIpc) is 2.76. The molecule has 0 amide bonds. The van der Waals surface area contributed by atoms with Crippen molar-refractivity contribution in [2.45, 2.75) is 20.4 Å². The maximum Gasteiger partial charge on any atom is 0.251 e. The van der Waals surface area contributed by atoms with Crippen molar-refractivity contribution in [1.29, 1.82) is 0 Å². The molecule has 0 bridgehead atoms. The Balaban J connectivity index is 2.09. The minimum Gasteiger partial charge on any atom is -0.302 e. The quantitative estimate of drug-likeness (QED) is 0.488. The van der Waals surface area contributed by atoms with Gasteiger partial charge in [0.25, 0.3) is 5.56 Å². The second kappa shape index (κ2) is 3.79. The highest BCUT2D eigenvalue weighted by atomic mass is 16.1. The summed E-state index contributed by atoms with van der Waals surface area (Å²) in [6.07, 6.45) is 0. The van der Waals surface area contributed by atoms with Crippen molar-refractivity contribution in [3.63, 3.8) is 0 Å².